The highest BCUT2D eigenvalue weighted by molar-refractivity contribution is 5.68. The Kier molecular flexibility index (Phi) is 4.61. The average molecular weight is 263 g/mol. The summed E-state index contributed by atoms with van der Waals surface area (Å²) in [5.74, 6) is -0.741. The molecule has 3 heteroatoms. The SMILES string of the molecule is Cc1ccc(N(C)CC(C)(C)CC(=O)O)c(C)c1C. The van der Waals surface area contributed by atoms with Gasteiger partial charge in [-0.05, 0) is 48.9 Å². The molecule has 0 amide bonds. The van der Waals surface area contributed by atoms with E-state index >= 15 is 0 Å². The Morgan fingerprint density at radius 2 is 1.79 bits per heavy atom. The van der Waals surface area contributed by atoms with Crippen LogP contribution in [0.15, 0.2) is 12.1 Å². The van der Waals surface area contributed by atoms with Crippen molar-refractivity contribution in [3.05, 3.63) is 28.8 Å². The molecule has 106 valence electrons. The molecule has 0 spiro atoms. The van der Waals surface area contributed by atoms with Crippen LogP contribution < -0.4 is 4.90 Å². The largest absolute Gasteiger partial charge is 0.481 e. The first-order chi connectivity index (χ1) is 8.64. The molecule has 0 heterocycles. The number of aryl methyl sites for hydroxylation is 1. The van der Waals surface area contributed by atoms with Gasteiger partial charge in [-0.2, -0.15) is 0 Å². The van der Waals surface area contributed by atoms with Crippen LogP contribution in [0.5, 0.6) is 0 Å². The predicted molar refractivity (Wildman–Crippen MR) is 80.0 cm³/mol. The number of hydrogen-bond acceptors (Lipinski definition) is 2. The first-order valence-electron chi connectivity index (χ1n) is 6.64. The van der Waals surface area contributed by atoms with Crippen molar-refractivity contribution in [1.82, 2.24) is 0 Å². The lowest BCUT2D eigenvalue weighted by molar-refractivity contribution is -0.139. The molecule has 0 aliphatic carbocycles. The van der Waals surface area contributed by atoms with Crippen LogP contribution in [-0.2, 0) is 4.79 Å². The lowest BCUT2D eigenvalue weighted by atomic mass is 9.88. The number of benzene rings is 1. The standard InChI is InChI=1S/C16H25NO2/c1-11-7-8-14(13(3)12(11)2)17(6)10-16(4,5)9-15(18)19/h7-8H,9-10H2,1-6H3,(H,18,19). The Bertz CT molecular complexity index is 478. The van der Waals surface area contributed by atoms with E-state index in [-0.39, 0.29) is 11.8 Å². The highest BCUT2D eigenvalue weighted by Gasteiger charge is 2.24. The van der Waals surface area contributed by atoms with Crippen molar-refractivity contribution in [2.45, 2.75) is 41.0 Å². The van der Waals surface area contributed by atoms with Crippen LogP contribution in [-0.4, -0.2) is 24.7 Å². The molecule has 0 aromatic heterocycles. The minimum atomic E-state index is -0.741. The van der Waals surface area contributed by atoms with Crippen LogP contribution >= 0.6 is 0 Å². The van der Waals surface area contributed by atoms with Crippen molar-refractivity contribution in [2.24, 2.45) is 5.41 Å². The molecule has 3 nitrogen and oxygen atoms in total. The molecule has 0 bridgehead atoms. The molecule has 19 heavy (non-hydrogen) atoms. The van der Waals surface area contributed by atoms with Crippen LogP contribution in [0, 0.1) is 26.2 Å². The van der Waals surface area contributed by atoms with Gasteiger partial charge in [-0.3, -0.25) is 4.79 Å². The molecule has 0 saturated heterocycles. The normalized spacial score (nSPS) is 11.5. The van der Waals surface area contributed by atoms with Gasteiger partial charge < -0.3 is 10.0 Å². The number of carboxylic acids is 1. The van der Waals surface area contributed by atoms with Crippen molar-refractivity contribution in [1.29, 1.82) is 0 Å². The lowest BCUT2D eigenvalue weighted by Crippen LogP contribution is -2.33. The summed E-state index contributed by atoms with van der Waals surface area (Å²) in [7, 11) is 2.03. The zero-order chi connectivity index (χ0) is 14.8. The number of carbonyl (C=O) groups is 1. The van der Waals surface area contributed by atoms with Gasteiger partial charge in [0.15, 0.2) is 0 Å². The summed E-state index contributed by atoms with van der Waals surface area (Å²) in [5.41, 5.74) is 4.81. The van der Waals surface area contributed by atoms with Crippen LogP contribution in [0.25, 0.3) is 0 Å². The molecule has 0 fully saturated rings. The maximum atomic E-state index is 10.9. The number of hydrogen-bond donors (Lipinski definition) is 1. The third-order valence-electron chi connectivity index (χ3n) is 3.74. The van der Waals surface area contributed by atoms with Crippen LogP contribution in [0.1, 0.15) is 37.0 Å². The summed E-state index contributed by atoms with van der Waals surface area (Å²) in [6, 6.07) is 4.24. The van der Waals surface area contributed by atoms with E-state index in [1.54, 1.807) is 0 Å². The van der Waals surface area contributed by atoms with Gasteiger partial charge in [0.1, 0.15) is 0 Å². The number of rotatable bonds is 5. The number of anilines is 1. The summed E-state index contributed by atoms with van der Waals surface area (Å²) in [6.07, 6.45) is 0.182. The molecular formula is C16H25NO2. The van der Waals surface area contributed by atoms with E-state index in [1.807, 2.05) is 20.9 Å². The molecule has 0 atom stereocenters. The smallest absolute Gasteiger partial charge is 0.303 e. The number of aliphatic carboxylic acids is 1. The summed E-state index contributed by atoms with van der Waals surface area (Å²) in [5, 5.41) is 8.95. The first-order valence-corrected chi connectivity index (χ1v) is 6.64. The monoisotopic (exact) mass is 263 g/mol. The Morgan fingerprint density at radius 1 is 1.21 bits per heavy atom. The predicted octanol–water partition coefficient (Wildman–Crippen LogP) is 3.55. The van der Waals surface area contributed by atoms with E-state index in [4.69, 9.17) is 5.11 Å². The molecule has 1 N–H and O–H groups in total. The maximum absolute atomic E-state index is 10.9. The third-order valence-corrected chi connectivity index (χ3v) is 3.74. The summed E-state index contributed by atoms with van der Waals surface area (Å²) < 4.78 is 0. The molecule has 1 rings (SSSR count). The average Bonchev–Trinajstić information content (AvgIpc) is 2.23. The van der Waals surface area contributed by atoms with Crippen LogP contribution in [0.4, 0.5) is 5.69 Å². The summed E-state index contributed by atoms with van der Waals surface area (Å²) in [4.78, 5) is 13.0. The van der Waals surface area contributed by atoms with Crippen LogP contribution in [0.2, 0.25) is 0 Å². The Labute approximate surface area is 116 Å². The Hall–Kier alpha value is -1.51. The Balaban J connectivity index is 2.93. The highest BCUT2D eigenvalue weighted by Crippen LogP contribution is 2.28. The summed E-state index contributed by atoms with van der Waals surface area (Å²) >= 11 is 0. The molecule has 1 aromatic rings. The Morgan fingerprint density at radius 3 is 2.32 bits per heavy atom. The molecule has 0 unspecified atom stereocenters. The van der Waals surface area contributed by atoms with Gasteiger partial charge in [-0.25, -0.2) is 0 Å². The van der Waals surface area contributed by atoms with Gasteiger partial charge >= 0.3 is 5.97 Å². The lowest BCUT2D eigenvalue weighted by Gasteiger charge is -2.32. The van der Waals surface area contributed by atoms with Gasteiger partial charge in [0.25, 0.3) is 0 Å². The second kappa shape index (κ2) is 5.64. The minimum absolute atomic E-state index is 0.182. The first kappa shape index (κ1) is 15.5. The molecule has 1 aromatic carbocycles. The molecular weight excluding hydrogens is 238 g/mol. The van der Waals surface area contributed by atoms with Gasteiger partial charge in [0.2, 0.25) is 0 Å². The van der Waals surface area contributed by atoms with Crippen molar-refractivity contribution < 1.29 is 9.90 Å². The van der Waals surface area contributed by atoms with Crippen molar-refractivity contribution in [2.75, 3.05) is 18.5 Å². The molecule has 0 aliphatic rings. The van der Waals surface area contributed by atoms with Crippen molar-refractivity contribution in [3.63, 3.8) is 0 Å². The van der Waals surface area contributed by atoms with Gasteiger partial charge in [0, 0.05) is 19.3 Å². The molecule has 0 saturated carbocycles. The highest BCUT2D eigenvalue weighted by atomic mass is 16.4. The fourth-order valence-corrected chi connectivity index (χ4v) is 2.55. The minimum Gasteiger partial charge on any atom is -0.481 e. The number of carboxylic acid groups (broad SMARTS) is 1. The van der Waals surface area contributed by atoms with Gasteiger partial charge in [-0.1, -0.05) is 19.9 Å². The zero-order valence-corrected chi connectivity index (χ0v) is 12.9. The van der Waals surface area contributed by atoms with E-state index in [2.05, 4.69) is 37.8 Å². The van der Waals surface area contributed by atoms with Gasteiger partial charge in [-0.15, -0.1) is 0 Å². The van der Waals surface area contributed by atoms with Crippen molar-refractivity contribution in [3.8, 4) is 0 Å². The third kappa shape index (κ3) is 3.98. The summed E-state index contributed by atoms with van der Waals surface area (Å²) in [6.45, 7) is 11.1. The van der Waals surface area contributed by atoms with Crippen molar-refractivity contribution >= 4 is 11.7 Å². The second-order valence-electron chi connectivity index (χ2n) is 6.24. The molecule has 0 aliphatic heterocycles. The quantitative estimate of drug-likeness (QED) is 0.883. The number of nitrogens with zero attached hydrogens (tertiary/aromatic N) is 1. The maximum Gasteiger partial charge on any atom is 0.303 e. The van der Waals surface area contributed by atoms with E-state index in [0.29, 0.717) is 0 Å². The second-order valence-corrected chi connectivity index (χ2v) is 6.24. The zero-order valence-electron chi connectivity index (χ0n) is 12.9. The topological polar surface area (TPSA) is 40.5 Å². The van der Waals surface area contributed by atoms with Gasteiger partial charge in [0.05, 0.1) is 6.42 Å². The fourth-order valence-electron chi connectivity index (χ4n) is 2.55. The van der Waals surface area contributed by atoms with E-state index in [1.165, 1.54) is 22.4 Å². The van der Waals surface area contributed by atoms with E-state index < -0.39 is 5.97 Å². The van der Waals surface area contributed by atoms with E-state index in [9.17, 15) is 4.79 Å². The van der Waals surface area contributed by atoms with E-state index in [0.717, 1.165) is 6.54 Å². The van der Waals surface area contributed by atoms with Crippen LogP contribution in [0.3, 0.4) is 0 Å². The molecule has 0 radical (unpaired) electrons. The fraction of sp³-hybridized carbons (Fsp3) is 0.562.